The lowest BCUT2D eigenvalue weighted by Crippen LogP contribution is -2.38. The van der Waals surface area contributed by atoms with Crippen molar-refractivity contribution in [1.82, 2.24) is 25.4 Å². The van der Waals surface area contributed by atoms with Crippen LogP contribution in [0.1, 0.15) is 23.5 Å². The zero-order chi connectivity index (χ0) is 19.0. The van der Waals surface area contributed by atoms with Gasteiger partial charge in [-0.05, 0) is 39.5 Å². The standard InChI is InChI=1S/C16H27F3N6S.HI/c1-20-15(22-11-14-23-13(12-26-14)16(17,18)19)21-5-3-7-25-8-4-6-24(2)9-10-25;/h12H,3-11H2,1-2H3,(H2,20,21,22);1H. The Morgan fingerprint density at radius 1 is 1.26 bits per heavy atom. The Morgan fingerprint density at radius 2 is 2.04 bits per heavy atom. The predicted molar refractivity (Wildman–Crippen MR) is 114 cm³/mol. The highest BCUT2D eigenvalue weighted by atomic mass is 127. The lowest BCUT2D eigenvalue weighted by atomic mass is 10.3. The normalized spacial score (nSPS) is 17.3. The molecular formula is C16H28F3IN6S. The Kier molecular flexibility index (Phi) is 10.9. The maximum Gasteiger partial charge on any atom is 0.434 e. The molecule has 0 aromatic carbocycles. The molecule has 0 spiro atoms. The van der Waals surface area contributed by atoms with Crippen LogP contribution in [0, 0.1) is 0 Å². The monoisotopic (exact) mass is 520 g/mol. The first kappa shape index (κ1) is 24.4. The lowest BCUT2D eigenvalue weighted by Gasteiger charge is -2.20. The van der Waals surface area contributed by atoms with E-state index in [9.17, 15) is 13.2 Å². The molecule has 1 aromatic heterocycles. The fourth-order valence-electron chi connectivity index (χ4n) is 2.74. The van der Waals surface area contributed by atoms with E-state index in [1.165, 1.54) is 6.42 Å². The SMILES string of the molecule is CN=C(NCCCN1CCCN(C)CC1)NCc1nc(C(F)(F)F)cs1.I. The largest absolute Gasteiger partial charge is 0.434 e. The van der Waals surface area contributed by atoms with Crippen LogP contribution in [0.25, 0.3) is 0 Å². The first-order chi connectivity index (χ1) is 12.4. The van der Waals surface area contributed by atoms with Gasteiger partial charge in [0.05, 0.1) is 6.54 Å². The van der Waals surface area contributed by atoms with Crippen molar-refractivity contribution in [1.29, 1.82) is 0 Å². The van der Waals surface area contributed by atoms with Gasteiger partial charge in [0, 0.05) is 32.1 Å². The van der Waals surface area contributed by atoms with Crippen LogP contribution in [-0.2, 0) is 12.7 Å². The Balaban J connectivity index is 0.00000364. The van der Waals surface area contributed by atoms with E-state index in [0.717, 1.165) is 62.4 Å². The number of guanidine groups is 1. The summed E-state index contributed by atoms with van der Waals surface area (Å²) in [5.74, 6) is 0.573. The summed E-state index contributed by atoms with van der Waals surface area (Å²) in [5.41, 5.74) is -0.842. The molecule has 1 aliphatic heterocycles. The summed E-state index contributed by atoms with van der Waals surface area (Å²) in [6, 6.07) is 0. The summed E-state index contributed by atoms with van der Waals surface area (Å²) in [6.45, 7) is 6.48. The van der Waals surface area contributed by atoms with Crippen LogP contribution >= 0.6 is 35.3 Å². The van der Waals surface area contributed by atoms with Crippen LogP contribution in [0.5, 0.6) is 0 Å². The third-order valence-electron chi connectivity index (χ3n) is 4.23. The summed E-state index contributed by atoms with van der Waals surface area (Å²) in [6.07, 6.45) is -2.21. The zero-order valence-corrected chi connectivity index (χ0v) is 18.8. The average molecular weight is 520 g/mol. The van der Waals surface area contributed by atoms with Crippen molar-refractivity contribution in [2.75, 3.05) is 53.4 Å². The van der Waals surface area contributed by atoms with E-state index in [-0.39, 0.29) is 30.5 Å². The number of nitrogens with one attached hydrogen (secondary N) is 2. The Morgan fingerprint density at radius 3 is 2.70 bits per heavy atom. The Hall–Kier alpha value is -0.660. The predicted octanol–water partition coefficient (Wildman–Crippen LogP) is 2.47. The third-order valence-corrected chi connectivity index (χ3v) is 5.08. The topological polar surface area (TPSA) is 55.8 Å². The molecule has 0 radical (unpaired) electrons. The molecule has 0 saturated carbocycles. The summed E-state index contributed by atoms with van der Waals surface area (Å²) >= 11 is 0.991. The Labute approximate surface area is 179 Å². The van der Waals surface area contributed by atoms with Crippen molar-refractivity contribution in [3.63, 3.8) is 0 Å². The maximum absolute atomic E-state index is 12.6. The summed E-state index contributed by atoms with van der Waals surface area (Å²) < 4.78 is 37.7. The van der Waals surface area contributed by atoms with Gasteiger partial charge in [-0.2, -0.15) is 13.2 Å². The van der Waals surface area contributed by atoms with E-state index < -0.39 is 11.9 Å². The van der Waals surface area contributed by atoms with Crippen molar-refractivity contribution in [3.8, 4) is 0 Å². The molecule has 1 aromatic rings. The minimum Gasteiger partial charge on any atom is -0.356 e. The molecule has 0 amide bonds. The van der Waals surface area contributed by atoms with E-state index in [4.69, 9.17) is 0 Å². The second kappa shape index (κ2) is 12.0. The fourth-order valence-corrected chi connectivity index (χ4v) is 3.48. The molecule has 1 fully saturated rings. The van der Waals surface area contributed by atoms with E-state index in [1.54, 1.807) is 7.05 Å². The van der Waals surface area contributed by atoms with Crippen LogP contribution in [-0.4, -0.2) is 74.1 Å². The molecule has 2 rings (SSSR count). The van der Waals surface area contributed by atoms with Gasteiger partial charge in [-0.25, -0.2) is 4.98 Å². The maximum atomic E-state index is 12.6. The number of nitrogens with zero attached hydrogens (tertiary/aromatic N) is 4. The molecule has 2 heterocycles. The molecule has 0 unspecified atom stereocenters. The second-order valence-corrected chi connectivity index (χ2v) is 7.27. The van der Waals surface area contributed by atoms with E-state index in [0.29, 0.717) is 11.0 Å². The summed E-state index contributed by atoms with van der Waals surface area (Å²) in [5, 5.41) is 7.62. The van der Waals surface area contributed by atoms with Crippen LogP contribution in [0.15, 0.2) is 10.4 Å². The zero-order valence-electron chi connectivity index (χ0n) is 15.7. The molecule has 1 aliphatic rings. The molecule has 0 bridgehead atoms. The van der Waals surface area contributed by atoms with Crippen LogP contribution in [0.2, 0.25) is 0 Å². The third kappa shape index (κ3) is 8.92. The van der Waals surface area contributed by atoms with Crippen molar-refractivity contribution < 1.29 is 13.2 Å². The van der Waals surface area contributed by atoms with Crippen molar-refractivity contribution in [2.24, 2.45) is 4.99 Å². The van der Waals surface area contributed by atoms with E-state index in [1.807, 2.05) is 0 Å². The number of thiazole rings is 1. The highest BCUT2D eigenvalue weighted by molar-refractivity contribution is 14.0. The number of hydrogen-bond acceptors (Lipinski definition) is 5. The number of likely N-dealkylation sites (N-methyl/N-ethyl adjacent to an activating group) is 1. The number of hydrogen-bond donors (Lipinski definition) is 2. The van der Waals surface area contributed by atoms with Crippen molar-refractivity contribution in [2.45, 2.75) is 25.6 Å². The molecule has 0 aliphatic carbocycles. The highest BCUT2D eigenvalue weighted by Gasteiger charge is 2.33. The van der Waals surface area contributed by atoms with Crippen LogP contribution in [0.3, 0.4) is 0 Å². The number of aliphatic imine (C=N–C) groups is 1. The fraction of sp³-hybridized carbons (Fsp3) is 0.750. The van der Waals surface area contributed by atoms with Gasteiger partial charge in [-0.1, -0.05) is 0 Å². The minimum absolute atomic E-state index is 0. The number of aromatic nitrogens is 1. The van der Waals surface area contributed by atoms with Gasteiger partial charge in [0.15, 0.2) is 11.7 Å². The molecule has 6 nitrogen and oxygen atoms in total. The number of rotatable bonds is 6. The molecule has 1 saturated heterocycles. The second-order valence-electron chi connectivity index (χ2n) is 6.33. The van der Waals surface area contributed by atoms with Crippen LogP contribution < -0.4 is 10.6 Å². The number of alkyl halides is 3. The van der Waals surface area contributed by atoms with Gasteiger partial charge in [0.2, 0.25) is 0 Å². The van der Waals surface area contributed by atoms with Crippen LogP contribution in [0.4, 0.5) is 13.2 Å². The molecular weight excluding hydrogens is 492 g/mol. The highest BCUT2D eigenvalue weighted by Crippen LogP contribution is 2.29. The average Bonchev–Trinajstić information content (AvgIpc) is 2.98. The van der Waals surface area contributed by atoms with Gasteiger partial charge in [-0.3, -0.25) is 4.99 Å². The molecule has 156 valence electrons. The summed E-state index contributed by atoms with van der Waals surface area (Å²) in [4.78, 5) is 12.5. The summed E-state index contributed by atoms with van der Waals surface area (Å²) in [7, 11) is 3.80. The molecule has 27 heavy (non-hydrogen) atoms. The van der Waals surface area contributed by atoms with Gasteiger partial charge in [0.25, 0.3) is 0 Å². The van der Waals surface area contributed by atoms with Gasteiger partial charge in [-0.15, -0.1) is 35.3 Å². The first-order valence-corrected chi connectivity index (χ1v) is 9.63. The van der Waals surface area contributed by atoms with E-state index in [2.05, 4.69) is 37.5 Å². The Bertz CT molecular complexity index is 581. The van der Waals surface area contributed by atoms with Crippen molar-refractivity contribution in [3.05, 3.63) is 16.1 Å². The van der Waals surface area contributed by atoms with Gasteiger partial charge in [0.1, 0.15) is 5.01 Å². The smallest absolute Gasteiger partial charge is 0.356 e. The van der Waals surface area contributed by atoms with Gasteiger partial charge < -0.3 is 20.4 Å². The first-order valence-electron chi connectivity index (χ1n) is 8.75. The lowest BCUT2D eigenvalue weighted by molar-refractivity contribution is -0.140. The molecule has 2 N–H and O–H groups in total. The molecule has 0 atom stereocenters. The van der Waals surface area contributed by atoms with E-state index >= 15 is 0 Å². The quantitative estimate of drug-likeness (QED) is 0.262. The van der Waals surface area contributed by atoms with Crippen molar-refractivity contribution >= 4 is 41.3 Å². The van der Waals surface area contributed by atoms with Gasteiger partial charge >= 0.3 is 6.18 Å². The molecule has 11 heteroatoms. The number of halogens is 4. The minimum atomic E-state index is -4.39.